The van der Waals surface area contributed by atoms with E-state index in [0.717, 1.165) is 11.3 Å². The number of hydrogen-bond donors (Lipinski definition) is 1. The van der Waals surface area contributed by atoms with Crippen LogP contribution >= 0.6 is 0 Å². The van der Waals surface area contributed by atoms with Gasteiger partial charge in [0.25, 0.3) is 0 Å². The Morgan fingerprint density at radius 2 is 1.76 bits per heavy atom. The minimum atomic E-state index is -3.74. The first-order chi connectivity index (χ1) is 11.8. The molecule has 0 saturated heterocycles. The average Bonchev–Trinajstić information content (AvgIpc) is 2.54. The highest BCUT2D eigenvalue weighted by molar-refractivity contribution is 7.89. The van der Waals surface area contributed by atoms with Crippen molar-refractivity contribution in [2.24, 2.45) is 10.1 Å². The minimum absolute atomic E-state index is 0.0135. The molecule has 132 valence electrons. The quantitative estimate of drug-likeness (QED) is 0.463. The average molecular weight is 361 g/mol. The molecular weight excluding hydrogens is 342 g/mol. The maximum atomic E-state index is 11.2. The van der Waals surface area contributed by atoms with E-state index in [1.807, 2.05) is 30.3 Å². The standard InChI is InChI=1S/C17H19N3O4S/c1-13(19-16-7-9-17(10-8-16)25(18,23)24)11-15(12-20(21)22)14-5-3-2-4-6-14/h2-10,15H,11-12H2,1H3,(H2,18,23,24). The Labute approximate surface area is 146 Å². The second-order valence-electron chi connectivity index (χ2n) is 5.71. The Morgan fingerprint density at radius 3 is 2.28 bits per heavy atom. The van der Waals surface area contributed by atoms with Gasteiger partial charge in [-0.1, -0.05) is 30.3 Å². The number of hydrogen-bond acceptors (Lipinski definition) is 5. The molecule has 8 heteroatoms. The van der Waals surface area contributed by atoms with Crippen molar-refractivity contribution >= 4 is 21.4 Å². The summed E-state index contributed by atoms with van der Waals surface area (Å²) in [7, 11) is -3.74. The zero-order valence-electron chi connectivity index (χ0n) is 13.7. The zero-order chi connectivity index (χ0) is 18.4. The summed E-state index contributed by atoms with van der Waals surface area (Å²) in [5, 5.41) is 16.0. The van der Waals surface area contributed by atoms with Gasteiger partial charge in [-0.2, -0.15) is 0 Å². The molecule has 0 saturated carbocycles. The Kier molecular flexibility index (Phi) is 6.00. The van der Waals surface area contributed by atoms with Gasteiger partial charge in [-0.3, -0.25) is 15.1 Å². The van der Waals surface area contributed by atoms with Crippen LogP contribution < -0.4 is 5.14 Å². The van der Waals surface area contributed by atoms with Gasteiger partial charge in [0.05, 0.1) is 16.5 Å². The third kappa shape index (κ3) is 5.77. The summed E-state index contributed by atoms with van der Waals surface area (Å²) in [4.78, 5) is 15.1. The SMILES string of the molecule is CC(CC(C[N+](=O)[O-])c1ccccc1)=Nc1ccc(S(N)(=O)=O)cc1. The van der Waals surface area contributed by atoms with E-state index >= 15 is 0 Å². The first-order valence-corrected chi connectivity index (χ1v) is 9.14. The van der Waals surface area contributed by atoms with Gasteiger partial charge in [0, 0.05) is 10.6 Å². The van der Waals surface area contributed by atoms with E-state index < -0.39 is 10.0 Å². The highest BCUT2D eigenvalue weighted by Crippen LogP contribution is 2.22. The van der Waals surface area contributed by atoms with Gasteiger partial charge < -0.3 is 0 Å². The van der Waals surface area contributed by atoms with Crippen LogP contribution in [0, 0.1) is 10.1 Å². The molecule has 0 heterocycles. The molecule has 1 atom stereocenters. The van der Waals surface area contributed by atoms with E-state index in [1.165, 1.54) is 12.1 Å². The lowest BCUT2D eigenvalue weighted by atomic mass is 9.94. The summed E-state index contributed by atoms with van der Waals surface area (Å²) >= 11 is 0. The third-order valence-corrected chi connectivity index (χ3v) is 4.60. The smallest absolute Gasteiger partial charge is 0.238 e. The molecule has 0 fully saturated rings. The second-order valence-corrected chi connectivity index (χ2v) is 7.27. The molecule has 2 rings (SSSR count). The molecule has 1 unspecified atom stereocenters. The van der Waals surface area contributed by atoms with Gasteiger partial charge >= 0.3 is 0 Å². The van der Waals surface area contributed by atoms with Gasteiger partial charge in [-0.15, -0.1) is 0 Å². The third-order valence-electron chi connectivity index (χ3n) is 3.67. The van der Waals surface area contributed by atoms with Gasteiger partial charge in [-0.05, 0) is 43.2 Å². The number of rotatable bonds is 7. The first kappa shape index (κ1) is 18.8. The van der Waals surface area contributed by atoms with E-state index in [9.17, 15) is 18.5 Å². The van der Waals surface area contributed by atoms with E-state index in [0.29, 0.717) is 12.1 Å². The van der Waals surface area contributed by atoms with Crippen LogP contribution in [0.25, 0.3) is 0 Å². The lowest BCUT2D eigenvalue weighted by molar-refractivity contribution is -0.483. The molecule has 0 bridgehead atoms. The van der Waals surface area contributed by atoms with Crippen LogP contribution in [-0.4, -0.2) is 25.6 Å². The lowest BCUT2D eigenvalue weighted by Gasteiger charge is -2.13. The summed E-state index contributed by atoms with van der Waals surface area (Å²) in [5.41, 5.74) is 2.18. The van der Waals surface area contributed by atoms with Crippen molar-refractivity contribution in [1.29, 1.82) is 0 Å². The van der Waals surface area contributed by atoms with Crippen LogP contribution in [0.5, 0.6) is 0 Å². The molecule has 7 nitrogen and oxygen atoms in total. The summed E-state index contributed by atoms with van der Waals surface area (Å²) in [6.45, 7) is 1.62. The molecule has 0 radical (unpaired) electrons. The highest BCUT2D eigenvalue weighted by atomic mass is 32.2. The maximum absolute atomic E-state index is 11.2. The number of nitrogens with two attached hydrogens (primary N) is 1. The van der Waals surface area contributed by atoms with Gasteiger partial charge in [0.1, 0.15) is 0 Å². The summed E-state index contributed by atoms with van der Waals surface area (Å²) in [6.07, 6.45) is 0.432. The number of nitrogens with zero attached hydrogens (tertiary/aromatic N) is 2. The molecular formula is C17H19N3O4S. The van der Waals surface area contributed by atoms with Crippen LogP contribution in [0.2, 0.25) is 0 Å². The molecule has 0 spiro atoms. The maximum Gasteiger partial charge on any atom is 0.238 e. The van der Waals surface area contributed by atoms with Crippen molar-refractivity contribution in [3.63, 3.8) is 0 Å². The van der Waals surface area contributed by atoms with Gasteiger partial charge in [0.15, 0.2) is 0 Å². The highest BCUT2D eigenvalue weighted by Gasteiger charge is 2.18. The topological polar surface area (TPSA) is 116 Å². The Morgan fingerprint density at radius 1 is 1.16 bits per heavy atom. The molecule has 0 aliphatic rings. The van der Waals surface area contributed by atoms with Crippen molar-refractivity contribution in [3.05, 3.63) is 70.3 Å². The second kappa shape index (κ2) is 8.00. The van der Waals surface area contributed by atoms with Crippen LogP contribution in [0.15, 0.2) is 64.5 Å². The Hall–Kier alpha value is -2.58. The number of primary sulfonamides is 1. The van der Waals surface area contributed by atoms with Crippen LogP contribution in [0.3, 0.4) is 0 Å². The number of nitro groups is 1. The number of benzene rings is 2. The van der Waals surface area contributed by atoms with Gasteiger partial charge in [0.2, 0.25) is 16.6 Å². The Bertz CT molecular complexity index is 863. The van der Waals surface area contributed by atoms with Gasteiger partial charge in [-0.25, -0.2) is 13.6 Å². The van der Waals surface area contributed by atoms with Crippen LogP contribution in [-0.2, 0) is 10.0 Å². The van der Waals surface area contributed by atoms with Crippen molar-refractivity contribution in [3.8, 4) is 0 Å². The molecule has 0 aliphatic heterocycles. The molecule has 2 aromatic carbocycles. The molecule has 0 aromatic heterocycles. The molecule has 2 aromatic rings. The minimum Gasteiger partial charge on any atom is -0.265 e. The number of aliphatic imine (C=N–C) groups is 1. The van der Waals surface area contributed by atoms with Crippen molar-refractivity contribution in [2.75, 3.05) is 6.54 Å². The van der Waals surface area contributed by atoms with Crippen LogP contribution in [0.4, 0.5) is 5.69 Å². The summed E-state index contributed by atoms with van der Waals surface area (Å²) < 4.78 is 22.5. The largest absolute Gasteiger partial charge is 0.265 e. The fourth-order valence-electron chi connectivity index (χ4n) is 2.53. The van der Waals surface area contributed by atoms with Crippen molar-refractivity contribution in [2.45, 2.75) is 24.2 Å². The predicted octanol–water partition coefficient (Wildman–Crippen LogP) is 2.88. The normalized spacial score (nSPS) is 13.4. The molecule has 0 amide bonds. The van der Waals surface area contributed by atoms with E-state index in [-0.39, 0.29) is 22.3 Å². The summed E-state index contributed by atoms with van der Waals surface area (Å²) in [6, 6.07) is 15.1. The first-order valence-electron chi connectivity index (χ1n) is 7.59. The lowest BCUT2D eigenvalue weighted by Crippen LogP contribution is -2.15. The van der Waals surface area contributed by atoms with Crippen LogP contribution in [0.1, 0.15) is 24.8 Å². The molecule has 2 N–H and O–H groups in total. The van der Waals surface area contributed by atoms with E-state index in [2.05, 4.69) is 4.99 Å². The number of sulfonamides is 1. The Balaban J connectivity index is 2.18. The molecule has 25 heavy (non-hydrogen) atoms. The summed E-state index contributed by atoms with van der Waals surface area (Å²) in [5.74, 6) is -0.274. The van der Waals surface area contributed by atoms with Crippen molar-refractivity contribution in [1.82, 2.24) is 0 Å². The predicted molar refractivity (Wildman–Crippen MR) is 96.2 cm³/mol. The monoisotopic (exact) mass is 361 g/mol. The van der Waals surface area contributed by atoms with E-state index in [4.69, 9.17) is 5.14 Å². The van der Waals surface area contributed by atoms with E-state index in [1.54, 1.807) is 19.1 Å². The fraction of sp³-hybridized carbons (Fsp3) is 0.235. The zero-order valence-corrected chi connectivity index (χ0v) is 14.5. The molecule has 0 aliphatic carbocycles. The fourth-order valence-corrected chi connectivity index (χ4v) is 3.04. The van der Waals surface area contributed by atoms with Crippen molar-refractivity contribution < 1.29 is 13.3 Å².